The van der Waals surface area contributed by atoms with Crippen LogP contribution in [0.4, 0.5) is 9.59 Å². The Balaban J connectivity index is 2.17. The Morgan fingerprint density at radius 2 is 1.94 bits per heavy atom. The van der Waals surface area contributed by atoms with E-state index in [4.69, 9.17) is 10.8 Å². The number of rotatable bonds is 6. The van der Waals surface area contributed by atoms with Gasteiger partial charge in [0.05, 0.1) is 12.0 Å². The third kappa shape index (κ3) is 3.79. The van der Waals surface area contributed by atoms with Crippen molar-refractivity contribution in [2.75, 3.05) is 19.7 Å². The number of aliphatic carboxylic acids is 1. The van der Waals surface area contributed by atoms with Crippen LogP contribution in [0.3, 0.4) is 0 Å². The molecule has 8 nitrogen and oxygen atoms in total. The molecule has 1 rings (SSSR count). The Hall–Kier alpha value is -1.99. The van der Waals surface area contributed by atoms with E-state index in [0.29, 0.717) is 12.8 Å². The predicted octanol–water partition coefficient (Wildman–Crippen LogP) is -0.364. The molecule has 102 valence electrons. The minimum atomic E-state index is -0.906. The Bertz CT molecular complexity index is 340. The van der Waals surface area contributed by atoms with Crippen LogP contribution in [0.15, 0.2) is 0 Å². The monoisotopic (exact) mass is 259 g/mol. The van der Waals surface area contributed by atoms with Gasteiger partial charge in [-0.1, -0.05) is 6.42 Å². The van der Waals surface area contributed by atoms with Gasteiger partial charge in [-0.25, -0.2) is 9.59 Å². The Morgan fingerprint density at radius 1 is 1.28 bits per heavy atom. The highest BCUT2D eigenvalue weighted by atomic mass is 16.5. The van der Waals surface area contributed by atoms with E-state index in [9.17, 15) is 14.4 Å². The molecular formula is C10H17N3O5. The van der Waals surface area contributed by atoms with Gasteiger partial charge < -0.3 is 26.2 Å². The molecule has 0 spiro atoms. The summed E-state index contributed by atoms with van der Waals surface area (Å²) in [5.74, 6) is -0.883. The first-order chi connectivity index (χ1) is 8.46. The van der Waals surface area contributed by atoms with Crippen LogP contribution in [-0.4, -0.2) is 42.9 Å². The zero-order chi connectivity index (χ0) is 13.6. The van der Waals surface area contributed by atoms with E-state index >= 15 is 0 Å². The molecule has 0 aromatic rings. The number of hydrogen-bond acceptors (Lipinski definition) is 4. The van der Waals surface area contributed by atoms with Crippen molar-refractivity contribution in [3.05, 3.63) is 0 Å². The van der Waals surface area contributed by atoms with Gasteiger partial charge in [0.2, 0.25) is 0 Å². The van der Waals surface area contributed by atoms with Crippen LogP contribution < -0.4 is 16.4 Å². The van der Waals surface area contributed by atoms with Crippen LogP contribution in [0, 0.1) is 5.41 Å². The zero-order valence-corrected chi connectivity index (χ0v) is 9.90. The second kappa shape index (κ2) is 6.08. The molecule has 0 aromatic heterocycles. The Labute approximate surface area is 104 Å². The summed E-state index contributed by atoms with van der Waals surface area (Å²) in [4.78, 5) is 32.5. The summed E-state index contributed by atoms with van der Waals surface area (Å²) >= 11 is 0. The van der Waals surface area contributed by atoms with Crippen LogP contribution >= 0.6 is 0 Å². The number of nitrogens with two attached hydrogens (primary N) is 1. The number of carboxylic acids is 1. The molecule has 1 aliphatic rings. The van der Waals surface area contributed by atoms with Gasteiger partial charge in [-0.15, -0.1) is 0 Å². The lowest BCUT2D eigenvalue weighted by Gasteiger charge is -2.37. The number of nitrogens with one attached hydrogen (secondary N) is 2. The quantitative estimate of drug-likeness (QED) is 0.483. The lowest BCUT2D eigenvalue weighted by atomic mass is 9.69. The van der Waals surface area contributed by atoms with Crippen molar-refractivity contribution in [3.63, 3.8) is 0 Å². The van der Waals surface area contributed by atoms with Crippen molar-refractivity contribution >= 4 is 18.1 Å². The number of primary amides is 1. The Morgan fingerprint density at radius 3 is 2.39 bits per heavy atom. The minimum absolute atomic E-state index is 0.0210. The minimum Gasteiger partial charge on any atom is -0.481 e. The summed E-state index contributed by atoms with van der Waals surface area (Å²) in [5, 5.41) is 13.9. The second-order valence-corrected chi connectivity index (χ2v) is 4.22. The molecule has 1 aliphatic carbocycles. The lowest BCUT2D eigenvalue weighted by Crippen LogP contribution is -2.50. The molecule has 0 saturated heterocycles. The van der Waals surface area contributed by atoms with Crippen molar-refractivity contribution in [1.29, 1.82) is 0 Å². The molecule has 0 aliphatic heterocycles. The molecule has 1 fully saturated rings. The highest BCUT2D eigenvalue weighted by molar-refractivity contribution is 5.78. The molecule has 0 atom stereocenters. The van der Waals surface area contributed by atoms with Gasteiger partial charge in [-0.3, -0.25) is 4.79 Å². The van der Waals surface area contributed by atoms with E-state index in [1.54, 1.807) is 0 Å². The molecule has 1 saturated carbocycles. The summed E-state index contributed by atoms with van der Waals surface area (Å²) in [7, 11) is 0. The van der Waals surface area contributed by atoms with Crippen molar-refractivity contribution in [2.24, 2.45) is 11.1 Å². The van der Waals surface area contributed by atoms with Gasteiger partial charge in [-0.2, -0.15) is 0 Å². The first kappa shape index (κ1) is 14.1. The summed E-state index contributed by atoms with van der Waals surface area (Å²) < 4.78 is 4.41. The average molecular weight is 259 g/mol. The van der Waals surface area contributed by atoms with Gasteiger partial charge in [0.15, 0.2) is 0 Å². The summed E-state index contributed by atoms with van der Waals surface area (Å²) in [6, 6.07) is -0.490. The van der Waals surface area contributed by atoms with Crippen LogP contribution in [-0.2, 0) is 9.53 Å². The maximum atomic E-state index is 11.3. The molecule has 0 bridgehead atoms. The predicted molar refractivity (Wildman–Crippen MR) is 60.9 cm³/mol. The van der Waals surface area contributed by atoms with Crippen molar-refractivity contribution in [1.82, 2.24) is 10.6 Å². The number of urea groups is 1. The molecule has 0 radical (unpaired) electrons. The van der Waals surface area contributed by atoms with Gasteiger partial charge in [0, 0.05) is 6.54 Å². The summed E-state index contributed by atoms with van der Waals surface area (Å²) in [6.45, 7) is 0.201. The largest absolute Gasteiger partial charge is 0.481 e. The van der Waals surface area contributed by atoms with E-state index in [0.717, 1.165) is 6.42 Å². The molecule has 3 amide bonds. The first-order valence-corrected chi connectivity index (χ1v) is 5.64. The molecular weight excluding hydrogens is 242 g/mol. The first-order valence-electron chi connectivity index (χ1n) is 5.64. The normalized spacial score (nSPS) is 16.2. The molecule has 8 heteroatoms. The fourth-order valence-electron chi connectivity index (χ4n) is 1.70. The van der Waals surface area contributed by atoms with Crippen molar-refractivity contribution in [2.45, 2.75) is 19.3 Å². The molecule has 0 heterocycles. The van der Waals surface area contributed by atoms with E-state index in [-0.39, 0.29) is 19.7 Å². The number of carbonyl (C=O) groups excluding carboxylic acids is 2. The highest BCUT2D eigenvalue weighted by Crippen LogP contribution is 2.40. The van der Waals surface area contributed by atoms with Crippen molar-refractivity contribution in [3.8, 4) is 0 Å². The average Bonchev–Trinajstić information content (AvgIpc) is 2.22. The fourth-order valence-corrected chi connectivity index (χ4v) is 1.70. The van der Waals surface area contributed by atoms with Crippen LogP contribution in [0.2, 0.25) is 0 Å². The van der Waals surface area contributed by atoms with Crippen LogP contribution in [0.5, 0.6) is 0 Å². The standard InChI is InChI=1S/C10H17N3O5/c11-8(16)18-5-4-12-9(17)13-6-10(7(14)15)2-1-3-10/h1-6H2,(H2,11,16)(H,14,15)(H2,12,13,17). The second-order valence-electron chi connectivity index (χ2n) is 4.22. The maximum Gasteiger partial charge on any atom is 0.404 e. The SMILES string of the molecule is NC(=O)OCCNC(=O)NCC1(C(=O)O)CCC1. The fraction of sp³-hybridized carbons (Fsp3) is 0.700. The van der Waals surface area contributed by atoms with Gasteiger partial charge in [0.25, 0.3) is 0 Å². The van der Waals surface area contributed by atoms with Crippen molar-refractivity contribution < 1.29 is 24.2 Å². The molecule has 5 N–H and O–H groups in total. The van der Waals surface area contributed by atoms with Gasteiger partial charge in [-0.05, 0) is 12.8 Å². The van der Waals surface area contributed by atoms with Crippen LogP contribution in [0.1, 0.15) is 19.3 Å². The molecule has 18 heavy (non-hydrogen) atoms. The van der Waals surface area contributed by atoms with Crippen LogP contribution in [0.25, 0.3) is 0 Å². The number of hydrogen-bond donors (Lipinski definition) is 4. The lowest BCUT2D eigenvalue weighted by molar-refractivity contribution is -0.153. The number of ether oxygens (including phenoxy) is 1. The smallest absolute Gasteiger partial charge is 0.404 e. The topological polar surface area (TPSA) is 131 Å². The van der Waals surface area contributed by atoms with E-state index in [2.05, 4.69) is 15.4 Å². The maximum absolute atomic E-state index is 11.3. The van der Waals surface area contributed by atoms with E-state index in [1.807, 2.05) is 0 Å². The highest BCUT2D eigenvalue weighted by Gasteiger charge is 2.44. The van der Waals surface area contributed by atoms with E-state index in [1.165, 1.54) is 0 Å². The Kier molecular flexibility index (Phi) is 4.75. The number of carbonyl (C=O) groups is 3. The van der Waals surface area contributed by atoms with Gasteiger partial charge in [0.1, 0.15) is 6.61 Å². The zero-order valence-electron chi connectivity index (χ0n) is 9.90. The number of amides is 3. The molecule has 0 aromatic carbocycles. The summed E-state index contributed by atoms with van der Waals surface area (Å²) in [6.07, 6.45) is 1.11. The molecule has 0 unspecified atom stereocenters. The van der Waals surface area contributed by atoms with Gasteiger partial charge >= 0.3 is 18.1 Å². The summed E-state index contributed by atoms with van der Waals surface area (Å²) in [5.41, 5.74) is 3.91. The third-order valence-corrected chi connectivity index (χ3v) is 2.98. The van der Waals surface area contributed by atoms with E-state index < -0.39 is 23.5 Å². The third-order valence-electron chi connectivity index (χ3n) is 2.98. The number of carboxylic acid groups (broad SMARTS) is 1.